The molecule has 0 saturated heterocycles. The Labute approximate surface area is 185 Å². The van der Waals surface area contributed by atoms with Gasteiger partial charge in [-0.25, -0.2) is 0 Å². The van der Waals surface area contributed by atoms with Gasteiger partial charge in [-0.3, -0.25) is 9.59 Å². The van der Waals surface area contributed by atoms with Gasteiger partial charge in [0.15, 0.2) is 0 Å². The number of para-hydroxylation sites is 1. The molecule has 172 valence electrons. The van der Waals surface area contributed by atoms with Gasteiger partial charge in [-0.05, 0) is 48.2 Å². The summed E-state index contributed by atoms with van der Waals surface area (Å²) < 4.78 is 89.6. The number of amides is 2. The molecule has 13 heteroatoms. The molecule has 3 rings (SSSR count). The van der Waals surface area contributed by atoms with Crippen LogP contribution in [0.1, 0.15) is 6.42 Å². The Morgan fingerprint density at radius 1 is 1.00 bits per heavy atom. The summed E-state index contributed by atoms with van der Waals surface area (Å²) in [6, 6.07) is 10.9. The number of hydrogen-bond donors (Lipinski definition) is 2. The normalized spacial score (nSPS) is 16.8. The molecular formula is C19H13F7N2O2S2. The lowest BCUT2D eigenvalue weighted by molar-refractivity contribution is -0.330. The van der Waals surface area contributed by atoms with Gasteiger partial charge in [-0.15, -0.1) is 11.8 Å². The average molecular weight is 498 g/mol. The van der Waals surface area contributed by atoms with Gasteiger partial charge in [-0.2, -0.15) is 30.7 Å². The van der Waals surface area contributed by atoms with E-state index < -0.39 is 45.2 Å². The van der Waals surface area contributed by atoms with Crippen molar-refractivity contribution < 1.29 is 40.3 Å². The fourth-order valence-corrected chi connectivity index (χ4v) is 4.51. The number of anilines is 2. The van der Waals surface area contributed by atoms with Crippen molar-refractivity contribution in [2.24, 2.45) is 0 Å². The third kappa shape index (κ3) is 5.14. The SMILES string of the molecule is O=C(CC1Sc2ccccc2NC1=O)Nc1ccc(SC(F)(F)C(F)(F)C(F)(F)F)cc1. The van der Waals surface area contributed by atoms with E-state index in [1.54, 1.807) is 24.3 Å². The summed E-state index contributed by atoms with van der Waals surface area (Å²) in [4.78, 5) is 24.6. The van der Waals surface area contributed by atoms with E-state index >= 15 is 0 Å². The molecular weight excluding hydrogens is 485 g/mol. The zero-order chi connectivity index (χ0) is 23.7. The number of hydrogen-bond acceptors (Lipinski definition) is 4. The van der Waals surface area contributed by atoms with Gasteiger partial charge in [0, 0.05) is 21.9 Å². The highest BCUT2D eigenvalue weighted by Gasteiger charge is 2.73. The highest BCUT2D eigenvalue weighted by atomic mass is 32.2. The van der Waals surface area contributed by atoms with Crippen LogP contribution in [-0.4, -0.2) is 34.4 Å². The minimum atomic E-state index is -6.42. The van der Waals surface area contributed by atoms with Crippen molar-refractivity contribution in [1.29, 1.82) is 0 Å². The Balaban J connectivity index is 1.60. The third-order valence-electron chi connectivity index (χ3n) is 4.18. The van der Waals surface area contributed by atoms with Crippen molar-refractivity contribution in [3.05, 3.63) is 48.5 Å². The van der Waals surface area contributed by atoms with E-state index in [-0.39, 0.29) is 18.0 Å². The Morgan fingerprint density at radius 2 is 1.62 bits per heavy atom. The van der Waals surface area contributed by atoms with E-state index in [0.29, 0.717) is 5.69 Å². The van der Waals surface area contributed by atoms with Gasteiger partial charge in [0.2, 0.25) is 11.8 Å². The van der Waals surface area contributed by atoms with Crippen molar-refractivity contribution in [2.45, 2.75) is 38.8 Å². The fourth-order valence-electron chi connectivity index (χ4n) is 2.59. The molecule has 1 aliphatic heterocycles. The van der Waals surface area contributed by atoms with Gasteiger partial charge in [0.05, 0.1) is 10.9 Å². The van der Waals surface area contributed by atoms with Crippen LogP contribution < -0.4 is 10.6 Å². The van der Waals surface area contributed by atoms with E-state index in [4.69, 9.17) is 0 Å². The number of rotatable bonds is 6. The molecule has 2 aromatic carbocycles. The first-order chi connectivity index (χ1) is 14.8. The number of nitrogens with one attached hydrogen (secondary N) is 2. The largest absolute Gasteiger partial charge is 0.460 e. The molecule has 4 nitrogen and oxygen atoms in total. The number of alkyl halides is 7. The summed E-state index contributed by atoms with van der Waals surface area (Å²) in [6.45, 7) is 0. The van der Waals surface area contributed by atoms with Crippen LogP contribution in [0.3, 0.4) is 0 Å². The van der Waals surface area contributed by atoms with E-state index in [1.807, 2.05) is 0 Å². The van der Waals surface area contributed by atoms with Crippen molar-refractivity contribution in [2.75, 3.05) is 10.6 Å². The second kappa shape index (κ2) is 8.85. The van der Waals surface area contributed by atoms with Crippen molar-refractivity contribution in [1.82, 2.24) is 0 Å². The molecule has 0 saturated carbocycles. The van der Waals surface area contributed by atoms with Crippen LogP contribution >= 0.6 is 23.5 Å². The molecule has 1 aliphatic rings. The van der Waals surface area contributed by atoms with E-state index in [1.165, 1.54) is 11.8 Å². The highest BCUT2D eigenvalue weighted by Crippen LogP contribution is 2.53. The van der Waals surface area contributed by atoms with Crippen LogP contribution in [0.4, 0.5) is 42.1 Å². The Bertz CT molecular complexity index is 1010. The lowest BCUT2D eigenvalue weighted by atomic mass is 10.2. The summed E-state index contributed by atoms with van der Waals surface area (Å²) in [5, 5.41) is -1.05. The summed E-state index contributed by atoms with van der Waals surface area (Å²) in [5.74, 6) is -7.18. The zero-order valence-electron chi connectivity index (χ0n) is 15.7. The Kier molecular flexibility index (Phi) is 6.70. The lowest BCUT2D eigenvalue weighted by Gasteiger charge is -2.27. The summed E-state index contributed by atoms with van der Waals surface area (Å²) in [7, 11) is 0. The van der Waals surface area contributed by atoms with Crippen LogP contribution in [0.2, 0.25) is 0 Å². The smallest absolute Gasteiger partial charge is 0.326 e. The molecule has 32 heavy (non-hydrogen) atoms. The number of benzene rings is 2. The van der Waals surface area contributed by atoms with Gasteiger partial charge in [0.1, 0.15) is 0 Å². The molecule has 2 amide bonds. The standard InChI is InChI=1S/C19H13F7N2O2S2/c20-17(21,18(22,23)24)19(25,26)32-11-7-5-10(6-8-11)27-15(29)9-14-16(30)28-12-3-1-2-4-13(12)31-14/h1-8,14H,9H2,(H,27,29)(H,28,30). The molecule has 2 aromatic rings. The molecule has 0 spiro atoms. The van der Waals surface area contributed by atoms with Crippen LogP contribution in [0.15, 0.2) is 58.3 Å². The monoisotopic (exact) mass is 498 g/mol. The zero-order valence-corrected chi connectivity index (χ0v) is 17.3. The van der Waals surface area contributed by atoms with Crippen LogP contribution in [0, 0.1) is 0 Å². The second-order valence-electron chi connectivity index (χ2n) is 6.56. The molecule has 0 aromatic heterocycles. The number of carbonyl (C=O) groups is 2. The van der Waals surface area contributed by atoms with Crippen LogP contribution in [0.5, 0.6) is 0 Å². The number of halogens is 7. The minimum absolute atomic E-state index is 0.0897. The van der Waals surface area contributed by atoms with E-state index in [0.717, 1.165) is 29.2 Å². The van der Waals surface area contributed by atoms with Crippen LogP contribution in [-0.2, 0) is 9.59 Å². The second-order valence-corrected chi connectivity index (χ2v) is 8.99. The molecule has 0 radical (unpaired) electrons. The van der Waals surface area contributed by atoms with E-state index in [9.17, 15) is 40.3 Å². The maximum atomic E-state index is 13.5. The number of thioether (sulfide) groups is 2. The van der Waals surface area contributed by atoms with E-state index in [2.05, 4.69) is 10.6 Å². The van der Waals surface area contributed by atoms with Crippen molar-refractivity contribution in [3.8, 4) is 0 Å². The van der Waals surface area contributed by atoms with Gasteiger partial charge in [-0.1, -0.05) is 12.1 Å². The highest BCUT2D eigenvalue weighted by molar-refractivity contribution is 8.01. The molecule has 0 bridgehead atoms. The molecule has 1 unspecified atom stereocenters. The molecule has 1 atom stereocenters. The molecule has 2 N–H and O–H groups in total. The van der Waals surface area contributed by atoms with Crippen LogP contribution in [0.25, 0.3) is 0 Å². The number of fused-ring (bicyclic) bond motifs is 1. The maximum absolute atomic E-state index is 13.5. The first-order valence-corrected chi connectivity index (χ1v) is 10.5. The third-order valence-corrected chi connectivity index (χ3v) is 6.48. The Hall–Kier alpha value is -2.41. The quantitative estimate of drug-likeness (QED) is 0.378. The van der Waals surface area contributed by atoms with Crippen molar-refractivity contribution in [3.63, 3.8) is 0 Å². The average Bonchev–Trinajstić information content (AvgIpc) is 2.69. The van der Waals surface area contributed by atoms with Gasteiger partial charge in [0.25, 0.3) is 0 Å². The van der Waals surface area contributed by atoms with Gasteiger partial charge < -0.3 is 10.6 Å². The summed E-state index contributed by atoms with van der Waals surface area (Å²) in [5.41, 5.74) is 0.715. The molecule has 1 heterocycles. The summed E-state index contributed by atoms with van der Waals surface area (Å²) in [6.07, 6.45) is -6.63. The topological polar surface area (TPSA) is 58.2 Å². The first kappa shape index (κ1) is 24.2. The lowest BCUT2D eigenvalue weighted by Crippen LogP contribution is -2.49. The number of carbonyl (C=O) groups excluding carboxylic acids is 2. The molecule has 0 fully saturated rings. The predicted octanol–water partition coefficient (Wildman–Crippen LogP) is 6.01. The van der Waals surface area contributed by atoms with Crippen molar-refractivity contribution >= 4 is 46.7 Å². The molecule has 0 aliphatic carbocycles. The summed E-state index contributed by atoms with van der Waals surface area (Å²) >= 11 is 0.252. The minimum Gasteiger partial charge on any atom is -0.326 e. The predicted molar refractivity (Wildman–Crippen MR) is 106 cm³/mol. The fraction of sp³-hybridized carbons (Fsp3) is 0.263. The Morgan fingerprint density at radius 3 is 2.25 bits per heavy atom. The first-order valence-electron chi connectivity index (χ1n) is 8.78. The maximum Gasteiger partial charge on any atom is 0.460 e. The van der Waals surface area contributed by atoms with Gasteiger partial charge >= 0.3 is 17.4 Å².